The number of aromatic nitrogens is 2. The number of fused-ring (bicyclic) bond motifs is 1. The van der Waals surface area contributed by atoms with Crippen molar-refractivity contribution in [2.45, 2.75) is 37.1 Å². The van der Waals surface area contributed by atoms with Gasteiger partial charge in [0.15, 0.2) is 0 Å². The summed E-state index contributed by atoms with van der Waals surface area (Å²) in [6, 6.07) is 8.49. The van der Waals surface area contributed by atoms with E-state index in [0.717, 1.165) is 30.0 Å². The van der Waals surface area contributed by atoms with Crippen LogP contribution in [-0.4, -0.2) is 60.2 Å². The first-order valence-electron chi connectivity index (χ1n) is 9.78. The van der Waals surface area contributed by atoms with Crippen LogP contribution in [0.15, 0.2) is 35.2 Å². The maximum absolute atomic E-state index is 13.0. The fraction of sp³-hybridized carbons (Fsp3) is 0.450. The third-order valence-corrected chi connectivity index (χ3v) is 7.52. The minimum atomic E-state index is -3.57. The van der Waals surface area contributed by atoms with Crippen LogP contribution < -0.4 is 5.32 Å². The average Bonchev–Trinajstić information content (AvgIpc) is 3.24. The van der Waals surface area contributed by atoms with Gasteiger partial charge in [0.2, 0.25) is 15.9 Å². The number of anilines is 1. The SMILES string of the molecule is CNc1nc([C@H]2CCN(C(C)=O)C2)nc2c1CN(S(=O)(=O)c1ccccc1)CC2. The first-order valence-corrected chi connectivity index (χ1v) is 11.2. The lowest BCUT2D eigenvalue weighted by molar-refractivity contribution is -0.127. The van der Waals surface area contributed by atoms with E-state index in [1.165, 1.54) is 4.31 Å². The molecule has 2 aliphatic rings. The monoisotopic (exact) mass is 415 g/mol. The molecule has 29 heavy (non-hydrogen) atoms. The van der Waals surface area contributed by atoms with E-state index in [4.69, 9.17) is 4.98 Å². The summed E-state index contributed by atoms with van der Waals surface area (Å²) in [5, 5.41) is 3.11. The minimum absolute atomic E-state index is 0.0704. The molecule has 8 nitrogen and oxygen atoms in total. The Morgan fingerprint density at radius 1 is 1.17 bits per heavy atom. The van der Waals surface area contributed by atoms with Crippen molar-refractivity contribution >= 4 is 21.7 Å². The van der Waals surface area contributed by atoms with Gasteiger partial charge in [0.05, 0.1) is 10.6 Å². The van der Waals surface area contributed by atoms with E-state index in [0.29, 0.717) is 30.2 Å². The maximum atomic E-state index is 13.0. The van der Waals surface area contributed by atoms with Gasteiger partial charge in [-0.3, -0.25) is 4.79 Å². The Labute approximate surface area is 171 Å². The van der Waals surface area contributed by atoms with Crippen LogP contribution in [0.1, 0.15) is 36.3 Å². The molecule has 1 fully saturated rings. The van der Waals surface area contributed by atoms with E-state index >= 15 is 0 Å². The summed E-state index contributed by atoms with van der Waals surface area (Å²) in [6.45, 7) is 3.56. The number of carbonyl (C=O) groups excluding carboxylic acids is 1. The second kappa shape index (κ2) is 7.72. The van der Waals surface area contributed by atoms with Crippen molar-refractivity contribution < 1.29 is 13.2 Å². The standard InChI is InChI=1S/C20H25N5O3S/c1-14(26)24-10-8-15(12-24)19-22-18-9-11-25(13-17(18)20(21-2)23-19)29(27,28)16-6-4-3-5-7-16/h3-7,15H,8-13H2,1-2H3,(H,21,22,23)/t15-/m0/s1. The zero-order valence-electron chi connectivity index (χ0n) is 16.6. The van der Waals surface area contributed by atoms with Crippen molar-refractivity contribution in [2.75, 3.05) is 32.0 Å². The first-order chi connectivity index (χ1) is 13.9. The molecule has 2 aliphatic heterocycles. The summed E-state index contributed by atoms with van der Waals surface area (Å²) in [5.74, 6) is 1.58. The van der Waals surface area contributed by atoms with E-state index < -0.39 is 10.0 Å². The molecule has 4 rings (SSSR count). The summed E-state index contributed by atoms with van der Waals surface area (Å²) >= 11 is 0. The highest BCUT2D eigenvalue weighted by atomic mass is 32.2. The molecule has 1 saturated heterocycles. The van der Waals surface area contributed by atoms with Gasteiger partial charge in [-0.1, -0.05) is 18.2 Å². The Hall–Kier alpha value is -2.52. The number of hydrogen-bond donors (Lipinski definition) is 1. The Kier molecular flexibility index (Phi) is 5.26. The predicted molar refractivity (Wildman–Crippen MR) is 109 cm³/mol. The lowest BCUT2D eigenvalue weighted by Crippen LogP contribution is -2.37. The lowest BCUT2D eigenvalue weighted by atomic mass is 10.0. The molecular weight excluding hydrogens is 390 g/mol. The van der Waals surface area contributed by atoms with Gasteiger partial charge in [-0.25, -0.2) is 18.4 Å². The summed E-state index contributed by atoms with van der Waals surface area (Å²) < 4.78 is 27.5. The van der Waals surface area contributed by atoms with Gasteiger partial charge in [-0.2, -0.15) is 4.31 Å². The van der Waals surface area contributed by atoms with Crippen LogP contribution in [0, 0.1) is 0 Å². The number of carbonyl (C=O) groups is 1. The molecule has 0 saturated carbocycles. The van der Waals surface area contributed by atoms with E-state index in [1.807, 2.05) is 4.90 Å². The van der Waals surface area contributed by atoms with Crippen LogP contribution in [0.3, 0.4) is 0 Å². The molecule has 1 aromatic heterocycles. The third kappa shape index (κ3) is 3.72. The molecule has 154 valence electrons. The number of benzene rings is 1. The number of sulfonamides is 1. The van der Waals surface area contributed by atoms with Gasteiger partial charge in [0.25, 0.3) is 0 Å². The summed E-state index contributed by atoms with van der Waals surface area (Å²) in [5.41, 5.74) is 1.71. The number of nitrogens with one attached hydrogen (secondary N) is 1. The molecule has 0 bridgehead atoms. The number of amides is 1. The quantitative estimate of drug-likeness (QED) is 0.815. The molecule has 1 amide bonds. The van der Waals surface area contributed by atoms with Crippen molar-refractivity contribution in [1.29, 1.82) is 0 Å². The van der Waals surface area contributed by atoms with Gasteiger partial charge < -0.3 is 10.2 Å². The van der Waals surface area contributed by atoms with Crippen molar-refractivity contribution in [3.8, 4) is 0 Å². The number of likely N-dealkylation sites (tertiary alicyclic amines) is 1. The molecule has 0 unspecified atom stereocenters. The molecule has 1 aromatic carbocycles. The normalized spacial score (nSPS) is 19.8. The number of rotatable bonds is 4. The van der Waals surface area contributed by atoms with Crippen LogP contribution in [0.4, 0.5) is 5.82 Å². The molecule has 0 aliphatic carbocycles. The van der Waals surface area contributed by atoms with Crippen LogP contribution >= 0.6 is 0 Å². The van der Waals surface area contributed by atoms with Gasteiger partial charge in [0.1, 0.15) is 11.6 Å². The maximum Gasteiger partial charge on any atom is 0.243 e. The van der Waals surface area contributed by atoms with Gasteiger partial charge >= 0.3 is 0 Å². The lowest BCUT2D eigenvalue weighted by Gasteiger charge is -2.29. The Balaban J connectivity index is 1.62. The molecule has 1 N–H and O–H groups in total. The Morgan fingerprint density at radius 2 is 1.93 bits per heavy atom. The van der Waals surface area contributed by atoms with E-state index in [-0.39, 0.29) is 18.4 Å². The van der Waals surface area contributed by atoms with Crippen LogP contribution in [0.25, 0.3) is 0 Å². The zero-order valence-corrected chi connectivity index (χ0v) is 17.4. The topological polar surface area (TPSA) is 95.5 Å². The van der Waals surface area contributed by atoms with Gasteiger partial charge in [-0.15, -0.1) is 0 Å². The van der Waals surface area contributed by atoms with Crippen molar-refractivity contribution in [1.82, 2.24) is 19.2 Å². The highest BCUT2D eigenvalue weighted by Gasteiger charge is 2.33. The van der Waals surface area contributed by atoms with Crippen molar-refractivity contribution in [3.63, 3.8) is 0 Å². The highest BCUT2D eigenvalue weighted by Crippen LogP contribution is 2.31. The Morgan fingerprint density at radius 3 is 2.59 bits per heavy atom. The van der Waals surface area contributed by atoms with Crippen LogP contribution in [-0.2, 0) is 27.8 Å². The van der Waals surface area contributed by atoms with Gasteiger partial charge in [-0.05, 0) is 18.6 Å². The molecular formula is C20H25N5O3S. The average molecular weight is 416 g/mol. The summed E-state index contributed by atoms with van der Waals surface area (Å²) in [7, 11) is -1.78. The van der Waals surface area contributed by atoms with E-state index in [9.17, 15) is 13.2 Å². The fourth-order valence-corrected chi connectivity index (χ4v) is 5.43. The molecule has 3 heterocycles. The molecule has 2 aromatic rings. The smallest absolute Gasteiger partial charge is 0.243 e. The van der Waals surface area contributed by atoms with E-state index in [2.05, 4.69) is 10.3 Å². The Bertz CT molecular complexity index is 1010. The number of hydrogen-bond acceptors (Lipinski definition) is 6. The third-order valence-electron chi connectivity index (χ3n) is 5.66. The summed E-state index contributed by atoms with van der Waals surface area (Å²) in [6.07, 6.45) is 1.38. The van der Waals surface area contributed by atoms with E-state index in [1.54, 1.807) is 44.3 Å². The summed E-state index contributed by atoms with van der Waals surface area (Å²) in [4.78, 5) is 23.2. The van der Waals surface area contributed by atoms with Crippen LogP contribution in [0.5, 0.6) is 0 Å². The molecule has 9 heteroatoms. The van der Waals surface area contributed by atoms with Crippen LogP contribution in [0.2, 0.25) is 0 Å². The number of nitrogens with zero attached hydrogens (tertiary/aromatic N) is 4. The van der Waals surface area contributed by atoms with Crippen molar-refractivity contribution in [2.24, 2.45) is 0 Å². The minimum Gasteiger partial charge on any atom is -0.373 e. The second-order valence-electron chi connectivity index (χ2n) is 7.46. The molecule has 1 atom stereocenters. The van der Waals surface area contributed by atoms with Gasteiger partial charge in [0, 0.05) is 58.1 Å². The highest BCUT2D eigenvalue weighted by molar-refractivity contribution is 7.89. The second-order valence-corrected chi connectivity index (χ2v) is 9.40. The molecule has 0 radical (unpaired) electrons. The first kappa shape index (κ1) is 19.8. The zero-order chi connectivity index (χ0) is 20.6. The molecule has 0 spiro atoms. The predicted octanol–water partition coefficient (Wildman–Crippen LogP) is 1.60. The fourth-order valence-electron chi connectivity index (χ4n) is 4.00. The van der Waals surface area contributed by atoms with Crippen molar-refractivity contribution in [3.05, 3.63) is 47.4 Å². The largest absolute Gasteiger partial charge is 0.373 e.